The van der Waals surface area contributed by atoms with Gasteiger partial charge in [0.15, 0.2) is 11.5 Å². The molecule has 0 fully saturated rings. The Morgan fingerprint density at radius 2 is 1.95 bits per heavy atom. The van der Waals surface area contributed by atoms with Crippen molar-refractivity contribution in [3.8, 4) is 11.5 Å². The van der Waals surface area contributed by atoms with Gasteiger partial charge in [0.1, 0.15) is 5.01 Å². The molecule has 0 amide bonds. The van der Waals surface area contributed by atoms with Crippen molar-refractivity contribution >= 4 is 11.3 Å². The van der Waals surface area contributed by atoms with Gasteiger partial charge in [0.25, 0.3) is 0 Å². The van der Waals surface area contributed by atoms with Gasteiger partial charge in [-0.15, -0.1) is 11.3 Å². The standard InChI is InChI=1S/C14H18N2O2S/c1-9-13(19-14(8-15)16-9)7-10-4-5-11(17-2)12(6-10)18-3/h4-6H,7-8,15H2,1-3H3. The molecule has 2 aromatic rings. The van der Waals surface area contributed by atoms with E-state index in [4.69, 9.17) is 15.2 Å². The first-order chi connectivity index (χ1) is 9.17. The predicted molar refractivity (Wildman–Crippen MR) is 77.1 cm³/mol. The van der Waals surface area contributed by atoms with Gasteiger partial charge in [0.05, 0.1) is 19.9 Å². The van der Waals surface area contributed by atoms with Crippen molar-refractivity contribution in [3.05, 3.63) is 39.3 Å². The molecule has 1 heterocycles. The van der Waals surface area contributed by atoms with Crippen LogP contribution in [0.15, 0.2) is 18.2 Å². The van der Waals surface area contributed by atoms with Gasteiger partial charge < -0.3 is 15.2 Å². The van der Waals surface area contributed by atoms with Crippen LogP contribution in [0.4, 0.5) is 0 Å². The molecule has 0 spiro atoms. The van der Waals surface area contributed by atoms with E-state index < -0.39 is 0 Å². The number of hydrogen-bond acceptors (Lipinski definition) is 5. The topological polar surface area (TPSA) is 57.4 Å². The van der Waals surface area contributed by atoms with Gasteiger partial charge in [0, 0.05) is 17.8 Å². The first kappa shape index (κ1) is 13.8. The monoisotopic (exact) mass is 278 g/mol. The first-order valence-electron chi connectivity index (χ1n) is 6.04. The van der Waals surface area contributed by atoms with Crippen LogP contribution >= 0.6 is 11.3 Å². The quantitative estimate of drug-likeness (QED) is 0.913. The molecule has 1 aromatic heterocycles. The molecule has 4 nitrogen and oxygen atoms in total. The molecular weight excluding hydrogens is 260 g/mol. The van der Waals surface area contributed by atoms with Crippen molar-refractivity contribution in [2.45, 2.75) is 19.9 Å². The molecule has 19 heavy (non-hydrogen) atoms. The number of aromatic nitrogens is 1. The van der Waals surface area contributed by atoms with Crippen LogP contribution in [0.25, 0.3) is 0 Å². The molecule has 102 valence electrons. The Hall–Kier alpha value is -1.59. The lowest BCUT2D eigenvalue weighted by molar-refractivity contribution is 0.354. The average molecular weight is 278 g/mol. The van der Waals surface area contributed by atoms with Crippen LogP contribution in [0.5, 0.6) is 11.5 Å². The maximum Gasteiger partial charge on any atom is 0.160 e. The minimum atomic E-state index is 0.497. The minimum Gasteiger partial charge on any atom is -0.493 e. The Morgan fingerprint density at radius 1 is 1.21 bits per heavy atom. The van der Waals surface area contributed by atoms with Crippen LogP contribution in [0.3, 0.4) is 0 Å². The number of benzene rings is 1. The lowest BCUT2D eigenvalue weighted by Gasteiger charge is -2.09. The lowest BCUT2D eigenvalue weighted by atomic mass is 10.1. The van der Waals surface area contributed by atoms with Crippen LogP contribution < -0.4 is 15.2 Å². The molecule has 0 radical (unpaired) electrons. The van der Waals surface area contributed by atoms with Gasteiger partial charge in [-0.3, -0.25) is 0 Å². The zero-order valence-electron chi connectivity index (χ0n) is 11.4. The highest BCUT2D eigenvalue weighted by molar-refractivity contribution is 7.11. The second kappa shape index (κ2) is 6.04. The Kier molecular flexibility index (Phi) is 4.39. The van der Waals surface area contributed by atoms with Crippen molar-refractivity contribution < 1.29 is 9.47 Å². The number of ether oxygens (including phenoxy) is 2. The number of thiazole rings is 1. The molecule has 2 N–H and O–H groups in total. The maximum atomic E-state index is 5.62. The third kappa shape index (κ3) is 3.05. The molecule has 0 aliphatic carbocycles. The molecule has 0 unspecified atom stereocenters. The molecule has 0 atom stereocenters. The molecule has 2 rings (SSSR count). The zero-order valence-corrected chi connectivity index (χ0v) is 12.2. The summed E-state index contributed by atoms with van der Waals surface area (Å²) in [6.07, 6.45) is 0.837. The summed E-state index contributed by atoms with van der Waals surface area (Å²) in [7, 11) is 3.28. The van der Waals surface area contributed by atoms with E-state index in [0.29, 0.717) is 6.54 Å². The van der Waals surface area contributed by atoms with Crippen molar-refractivity contribution in [1.29, 1.82) is 0 Å². The maximum absolute atomic E-state index is 5.62. The summed E-state index contributed by atoms with van der Waals surface area (Å²) in [6.45, 7) is 2.52. The molecule has 0 aliphatic rings. The molecule has 0 saturated heterocycles. The van der Waals surface area contributed by atoms with E-state index in [9.17, 15) is 0 Å². The van der Waals surface area contributed by atoms with Gasteiger partial charge >= 0.3 is 0 Å². The van der Waals surface area contributed by atoms with Gasteiger partial charge in [-0.2, -0.15) is 0 Å². The lowest BCUT2D eigenvalue weighted by Crippen LogP contribution is -1.94. The van der Waals surface area contributed by atoms with E-state index in [1.54, 1.807) is 25.6 Å². The average Bonchev–Trinajstić information content (AvgIpc) is 2.79. The summed E-state index contributed by atoms with van der Waals surface area (Å²) >= 11 is 1.67. The Labute approximate surface area is 117 Å². The Balaban J connectivity index is 2.25. The van der Waals surface area contributed by atoms with Crippen LogP contribution in [-0.2, 0) is 13.0 Å². The zero-order chi connectivity index (χ0) is 13.8. The fourth-order valence-electron chi connectivity index (χ4n) is 1.92. The van der Waals surface area contributed by atoms with Gasteiger partial charge in [0.2, 0.25) is 0 Å². The summed E-state index contributed by atoms with van der Waals surface area (Å²) in [4.78, 5) is 5.68. The Bertz CT molecular complexity index is 567. The van der Waals surface area contributed by atoms with Crippen molar-refractivity contribution in [1.82, 2.24) is 4.98 Å². The molecule has 0 saturated carbocycles. The number of nitrogens with two attached hydrogens (primary N) is 1. The van der Waals surface area contributed by atoms with Crippen LogP contribution in [0.2, 0.25) is 0 Å². The van der Waals surface area contributed by atoms with Gasteiger partial charge in [-0.05, 0) is 24.6 Å². The summed E-state index contributed by atoms with van der Waals surface area (Å²) in [5.74, 6) is 1.50. The fraction of sp³-hybridized carbons (Fsp3) is 0.357. The van der Waals surface area contributed by atoms with E-state index in [2.05, 4.69) is 4.98 Å². The molecule has 5 heteroatoms. The summed E-state index contributed by atoms with van der Waals surface area (Å²) in [5.41, 5.74) is 7.85. The Morgan fingerprint density at radius 3 is 2.53 bits per heavy atom. The van der Waals surface area contributed by atoms with Crippen molar-refractivity contribution in [2.75, 3.05) is 14.2 Å². The van der Waals surface area contributed by atoms with Crippen LogP contribution in [0, 0.1) is 6.92 Å². The number of aryl methyl sites for hydroxylation is 1. The highest BCUT2D eigenvalue weighted by Gasteiger charge is 2.10. The SMILES string of the molecule is COc1ccc(Cc2sc(CN)nc2C)cc1OC. The van der Waals surface area contributed by atoms with Gasteiger partial charge in [-0.1, -0.05) is 6.07 Å². The fourth-order valence-corrected chi connectivity index (χ4v) is 2.90. The molecule has 0 aliphatic heterocycles. The van der Waals surface area contributed by atoms with E-state index >= 15 is 0 Å². The number of nitrogens with zero attached hydrogens (tertiary/aromatic N) is 1. The van der Waals surface area contributed by atoms with Crippen molar-refractivity contribution in [2.24, 2.45) is 5.73 Å². The van der Waals surface area contributed by atoms with E-state index in [-0.39, 0.29) is 0 Å². The van der Waals surface area contributed by atoms with E-state index in [0.717, 1.165) is 28.6 Å². The van der Waals surface area contributed by atoms with Crippen LogP contribution in [-0.4, -0.2) is 19.2 Å². The predicted octanol–water partition coefficient (Wildman–Crippen LogP) is 2.52. The number of rotatable bonds is 5. The molecular formula is C14H18N2O2S. The first-order valence-corrected chi connectivity index (χ1v) is 6.85. The normalized spacial score (nSPS) is 10.5. The molecule has 0 bridgehead atoms. The molecule has 1 aromatic carbocycles. The minimum absolute atomic E-state index is 0.497. The second-order valence-electron chi connectivity index (χ2n) is 4.19. The highest BCUT2D eigenvalue weighted by atomic mass is 32.1. The smallest absolute Gasteiger partial charge is 0.160 e. The highest BCUT2D eigenvalue weighted by Crippen LogP contribution is 2.29. The van der Waals surface area contributed by atoms with Crippen LogP contribution in [0.1, 0.15) is 21.1 Å². The van der Waals surface area contributed by atoms with Crippen molar-refractivity contribution in [3.63, 3.8) is 0 Å². The third-order valence-corrected chi connectivity index (χ3v) is 4.10. The summed E-state index contributed by atoms with van der Waals surface area (Å²) in [5, 5.41) is 0.980. The number of hydrogen-bond donors (Lipinski definition) is 1. The summed E-state index contributed by atoms with van der Waals surface area (Å²) in [6, 6.07) is 5.97. The largest absolute Gasteiger partial charge is 0.493 e. The van der Waals surface area contributed by atoms with E-state index in [1.165, 1.54) is 10.4 Å². The summed E-state index contributed by atoms with van der Waals surface area (Å²) < 4.78 is 10.5. The number of methoxy groups -OCH3 is 2. The van der Waals surface area contributed by atoms with E-state index in [1.807, 2.05) is 25.1 Å². The second-order valence-corrected chi connectivity index (χ2v) is 5.35. The third-order valence-electron chi connectivity index (χ3n) is 2.92. The van der Waals surface area contributed by atoms with Gasteiger partial charge in [-0.25, -0.2) is 4.98 Å².